The van der Waals surface area contributed by atoms with Gasteiger partial charge in [0.15, 0.2) is 0 Å². The predicted molar refractivity (Wildman–Crippen MR) is 108 cm³/mol. The van der Waals surface area contributed by atoms with E-state index in [1.807, 2.05) is 29.2 Å². The Bertz CT molecular complexity index is 788. The minimum atomic E-state index is 0.0480. The number of nitrogens with zero attached hydrogens (tertiary/aromatic N) is 2. The van der Waals surface area contributed by atoms with Gasteiger partial charge in [-0.15, -0.1) is 0 Å². The maximum atomic E-state index is 12.9. The molecule has 0 N–H and O–H groups in total. The van der Waals surface area contributed by atoms with Gasteiger partial charge in [-0.25, -0.2) is 4.98 Å². The van der Waals surface area contributed by atoms with E-state index >= 15 is 0 Å². The van der Waals surface area contributed by atoms with Crippen molar-refractivity contribution < 1.29 is 9.53 Å². The largest absolute Gasteiger partial charge is 0.487 e. The molecule has 2 heterocycles. The first-order chi connectivity index (χ1) is 13.1. The molecule has 0 aliphatic carbocycles. The van der Waals surface area contributed by atoms with Crippen LogP contribution in [0.2, 0.25) is 0 Å². The number of aryl methyl sites for hydroxylation is 2. The zero-order valence-electron chi connectivity index (χ0n) is 16.7. The molecule has 27 heavy (non-hydrogen) atoms. The van der Waals surface area contributed by atoms with E-state index in [1.54, 1.807) is 0 Å². The maximum Gasteiger partial charge on any atom is 0.272 e. The Morgan fingerprint density at radius 1 is 1.22 bits per heavy atom. The van der Waals surface area contributed by atoms with E-state index in [9.17, 15) is 4.79 Å². The first-order valence-electron chi connectivity index (χ1n) is 10.1. The lowest BCUT2D eigenvalue weighted by Gasteiger charge is -2.35. The van der Waals surface area contributed by atoms with Crippen molar-refractivity contribution in [3.05, 3.63) is 58.9 Å². The molecule has 1 fully saturated rings. The van der Waals surface area contributed by atoms with Crippen molar-refractivity contribution >= 4 is 5.91 Å². The molecule has 1 amide bonds. The molecule has 0 saturated carbocycles. The van der Waals surface area contributed by atoms with Crippen LogP contribution >= 0.6 is 0 Å². The summed E-state index contributed by atoms with van der Waals surface area (Å²) in [5.41, 5.74) is 3.73. The lowest BCUT2D eigenvalue weighted by Crippen LogP contribution is -2.43. The van der Waals surface area contributed by atoms with Crippen LogP contribution in [0.4, 0.5) is 0 Å². The monoisotopic (exact) mass is 366 g/mol. The number of pyridine rings is 1. The summed E-state index contributed by atoms with van der Waals surface area (Å²) in [5, 5.41) is 0. The Balaban J connectivity index is 1.69. The highest BCUT2D eigenvalue weighted by Crippen LogP contribution is 2.22. The van der Waals surface area contributed by atoms with Gasteiger partial charge in [-0.3, -0.25) is 4.79 Å². The summed E-state index contributed by atoms with van der Waals surface area (Å²) in [4.78, 5) is 19.5. The molecule has 1 aromatic carbocycles. The van der Waals surface area contributed by atoms with Crippen LogP contribution < -0.4 is 4.74 Å². The average molecular weight is 367 g/mol. The number of benzene rings is 1. The normalized spacial score (nSPS) is 17.0. The van der Waals surface area contributed by atoms with Crippen LogP contribution in [0.1, 0.15) is 66.8 Å². The number of piperidine rings is 1. The van der Waals surface area contributed by atoms with Gasteiger partial charge in [0.1, 0.15) is 18.1 Å². The van der Waals surface area contributed by atoms with Gasteiger partial charge < -0.3 is 9.64 Å². The summed E-state index contributed by atoms with van der Waals surface area (Å²) < 4.78 is 5.96. The Labute approximate surface area is 162 Å². The Morgan fingerprint density at radius 3 is 2.81 bits per heavy atom. The first-order valence-corrected chi connectivity index (χ1v) is 10.1. The van der Waals surface area contributed by atoms with Crippen LogP contribution in [-0.4, -0.2) is 28.4 Å². The van der Waals surface area contributed by atoms with Gasteiger partial charge in [0, 0.05) is 12.6 Å². The molecule has 0 radical (unpaired) electrons. The number of hydrogen-bond donors (Lipinski definition) is 0. The van der Waals surface area contributed by atoms with Crippen LogP contribution in [0, 0.1) is 6.92 Å². The first kappa shape index (κ1) is 19.4. The number of likely N-dealkylation sites (tertiary alicyclic amines) is 1. The quantitative estimate of drug-likeness (QED) is 0.727. The van der Waals surface area contributed by atoms with Crippen LogP contribution in [0.25, 0.3) is 0 Å². The summed E-state index contributed by atoms with van der Waals surface area (Å²) >= 11 is 0. The second kappa shape index (κ2) is 9.03. The van der Waals surface area contributed by atoms with Gasteiger partial charge in [-0.2, -0.15) is 0 Å². The van der Waals surface area contributed by atoms with Crippen molar-refractivity contribution in [3.63, 3.8) is 0 Å². The average Bonchev–Trinajstić information content (AvgIpc) is 2.72. The second-order valence-corrected chi connectivity index (χ2v) is 7.31. The van der Waals surface area contributed by atoms with Crippen LogP contribution in [-0.2, 0) is 13.0 Å². The Morgan fingerprint density at radius 2 is 2.07 bits per heavy atom. The predicted octanol–water partition coefficient (Wildman–Crippen LogP) is 4.94. The van der Waals surface area contributed by atoms with Crippen LogP contribution in [0.3, 0.4) is 0 Å². The van der Waals surface area contributed by atoms with Crippen molar-refractivity contribution in [2.75, 3.05) is 6.54 Å². The van der Waals surface area contributed by atoms with Crippen molar-refractivity contribution in [3.8, 4) is 5.75 Å². The second-order valence-electron chi connectivity index (χ2n) is 7.31. The molecule has 1 atom stereocenters. The van der Waals surface area contributed by atoms with Crippen molar-refractivity contribution in [2.45, 2.75) is 65.5 Å². The number of amides is 1. The van der Waals surface area contributed by atoms with Gasteiger partial charge >= 0.3 is 0 Å². The van der Waals surface area contributed by atoms with Crippen LogP contribution in [0.15, 0.2) is 36.4 Å². The molecular weight excluding hydrogens is 336 g/mol. The highest BCUT2D eigenvalue weighted by atomic mass is 16.5. The molecule has 1 aliphatic heterocycles. The minimum absolute atomic E-state index is 0.0480. The maximum absolute atomic E-state index is 12.9. The molecule has 2 aromatic rings. The Kier molecular flexibility index (Phi) is 6.49. The Hall–Kier alpha value is -2.36. The third-order valence-corrected chi connectivity index (χ3v) is 5.41. The molecule has 4 nitrogen and oxygen atoms in total. The fraction of sp³-hybridized carbons (Fsp3) is 0.478. The van der Waals surface area contributed by atoms with Crippen LogP contribution in [0.5, 0.6) is 5.75 Å². The molecular formula is C23H30N2O2. The third kappa shape index (κ3) is 4.68. The van der Waals surface area contributed by atoms with E-state index in [1.165, 1.54) is 12.0 Å². The third-order valence-electron chi connectivity index (χ3n) is 5.41. The summed E-state index contributed by atoms with van der Waals surface area (Å²) in [7, 11) is 0. The molecule has 1 aliphatic rings. The fourth-order valence-electron chi connectivity index (χ4n) is 3.76. The summed E-state index contributed by atoms with van der Waals surface area (Å²) in [6.45, 7) is 7.56. The molecule has 0 bridgehead atoms. The topological polar surface area (TPSA) is 42.4 Å². The fourth-order valence-corrected chi connectivity index (χ4v) is 3.76. The minimum Gasteiger partial charge on any atom is -0.487 e. The zero-order chi connectivity index (χ0) is 19.2. The number of carbonyl (C=O) groups is 1. The SMILES string of the molecule is CCc1ccc(OCc2cccc(C(=O)N3CCCCC3CC)n2)c(C)c1. The lowest BCUT2D eigenvalue weighted by atomic mass is 9.99. The summed E-state index contributed by atoms with van der Waals surface area (Å²) in [6.07, 6.45) is 5.40. The van der Waals surface area contributed by atoms with E-state index in [4.69, 9.17) is 4.74 Å². The van der Waals surface area contributed by atoms with Crippen molar-refractivity contribution in [1.82, 2.24) is 9.88 Å². The van der Waals surface area contributed by atoms with E-state index < -0.39 is 0 Å². The number of rotatable bonds is 6. The van der Waals surface area contributed by atoms with Crippen molar-refractivity contribution in [1.29, 1.82) is 0 Å². The van der Waals surface area contributed by atoms with E-state index in [0.29, 0.717) is 18.3 Å². The molecule has 1 saturated heterocycles. The summed E-state index contributed by atoms with van der Waals surface area (Å²) in [6, 6.07) is 12.2. The van der Waals surface area contributed by atoms with Gasteiger partial charge in [-0.05, 0) is 68.4 Å². The van der Waals surface area contributed by atoms with Gasteiger partial charge in [0.25, 0.3) is 5.91 Å². The zero-order valence-corrected chi connectivity index (χ0v) is 16.7. The molecule has 1 aromatic heterocycles. The standard InChI is InChI=1S/C23H30N2O2/c1-4-18-12-13-22(17(3)15-18)27-16-19-9-8-11-21(24-19)23(26)25-14-7-6-10-20(25)5-2/h8-9,11-13,15,20H,4-7,10,14,16H2,1-3H3. The van der Waals surface area contributed by atoms with E-state index in [0.717, 1.165) is 49.2 Å². The number of hydrogen-bond acceptors (Lipinski definition) is 3. The van der Waals surface area contributed by atoms with E-state index in [2.05, 4.69) is 37.9 Å². The number of aromatic nitrogens is 1. The molecule has 4 heteroatoms. The molecule has 0 spiro atoms. The molecule has 1 unspecified atom stereocenters. The van der Waals surface area contributed by atoms with Gasteiger partial charge in [0.2, 0.25) is 0 Å². The van der Waals surface area contributed by atoms with Gasteiger partial charge in [0.05, 0.1) is 5.69 Å². The van der Waals surface area contributed by atoms with Gasteiger partial charge in [-0.1, -0.05) is 32.0 Å². The highest BCUT2D eigenvalue weighted by molar-refractivity contribution is 5.92. The highest BCUT2D eigenvalue weighted by Gasteiger charge is 2.26. The number of carbonyl (C=O) groups excluding carboxylic acids is 1. The lowest BCUT2D eigenvalue weighted by molar-refractivity contribution is 0.0601. The smallest absolute Gasteiger partial charge is 0.272 e. The summed E-state index contributed by atoms with van der Waals surface area (Å²) in [5.74, 6) is 0.916. The molecule has 3 rings (SSSR count). The van der Waals surface area contributed by atoms with Crippen molar-refractivity contribution in [2.24, 2.45) is 0 Å². The number of ether oxygens (including phenoxy) is 1. The van der Waals surface area contributed by atoms with E-state index in [-0.39, 0.29) is 5.91 Å². The molecule has 144 valence electrons.